The number of nitrogens with two attached hydrogens (primary N) is 1. The predicted octanol–water partition coefficient (Wildman–Crippen LogP) is 1.39. The Kier molecular flexibility index (Phi) is 2.61. The number of hydrogen-bond acceptors (Lipinski definition) is 4. The van der Waals surface area contributed by atoms with Crippen molar-refractivity contribution in [2.75, 3.05) is 11.9 Å². The van der Waals surface area contributed by atoms with Crippen molar-refractivity contribution in [1.29, 1.82) is 0 Å². The van der Waals surface area contributed by atoms with E-state index in [0.717, 1.165) is 30.0 Å². The molecule has 1 aliphatic rings. The minimum atomic E-state index is 0.0797. The minimum absolute atomic E-state index is 0.0797. The fourth-order valence-corrected chi connectivity index (χ4v) is 1.86. The van der Waals surface area contributed by atoms with Gasteiger partial charge in [-0.2, -0.15) is 0 Å². The molecule has 4 heteroatoms. The second-order valence-corrected chi connectivity index (χ2v) is 4.39. The lowest BCUT2D eigenvalue weighted by Crippen LogP contribution is -2.51. The molecule has 4 nitrogen and oxygen atoms in total. The van der Waals surface area contributed by atoms with Gasteiger partial charge in [0.05, 0.1) is 23.1 Å². The molecule has 0 unspecified atom stereocenters. The standard InChI is InChI=1S/C11H18N4/c1-8-9(2)14-10(6-13-8)15-11(7-12)4-3-5-11/h6H,3-5,7,12H2,1-2H3,(H,14,15). The highest BCUT2D eigenvalue weighted by molar-refractivity contribution is 5.38. The van der Waals surface area contributed by atoms with Gasteiger partial charge in [-0.3, -0.25) is 4.98 Å². The van der Waals surface area contributed by atoms with E-state index in [4.69, 9.17) is 5.73 Å². The van der Waals surface area contributed by atoms with Crippen LogP contribution in [0.5, 0.6) is 0 Å². The topological polar surface area (TPSA) is 63.8 Å². The van der Waals surface area contributed by atoms with Crippen LogP contribution in [0.1, 0.15) is 30.7 Å². The molecule has 1 saturated carbocycles. The molecule has 1 fully saturated rings. The Labute approximate surface area is 90.3 Å². The van der Waals surface area contributed by atoms with Crippen molar-refractivity contribution in [2.24, 2.45) is 5.73 Å². The van der Waals surface area contributed by atoms with Crippen LogP contribution in [-0.2, 0) is 0 Å². The molecular weight excluding hydrogens is 188 g/mol. The third kappa shape index (κ3) is 1.95. The van der Waals surface area contributed by atoms with Gasteiger partial charge in [0.15, 0.2) is 0 Å². The molecule has 1 aliphatic carbocycles. The van der Waals surface area contributed by atoms with Crippen molar-refractivity contribution in [2.45, 2.75) is 38.6 Å². The third-order valence-corrected chi connectivity index (χ3v) is 3.29. The second-order valence-electron chi connectivity index (χ2n) is 4.39. The predicted molar refractivity (Wildman–Crippen MR) is 60.8 cm³/mol. The largest absolute Gasteiger partial charge is 0.362 e. The van der Waals surface area contributed by atoms with Crippen LogP contribution in [-0.4, -0.2) is 22.1 Å². The molecule has 0 atom stereocenters. The molecule has 82 valence electrons. The molecule has 0 radical (unpaired) electrons. The summed E-state index contributed by atoms with van der Waals surface area (Å²) in [7, 11) is 0. The first-order valence-electron chi connectivity index (χ1n) is 5.44. The summed E-state index contributed by atoms with van der Waals surface area (Å²) >= 11 is 0. The van der Waals surface area contributed by atoms with Gasteiger partial charge in [-0.05, 0) is 33.1 Å². The molecule has 3 N–H and O–H groups in total. The average Bonchev–Trinajstić information content (AvgIpc) is 2.17. The van der Waals surface area contributed by atoms with Crippen molar-refractivity contribution < 1.29 is 0 Å². The zero-order chi connectivity index (χ0) is 10.9. The molecule has 2 rings (SSSR count). The first-order valence-corrected chi connectivity index (χ1v) is 5.44. The Hall–Kier alpha value is -1.16. The van der Waals surface area contributed by atoms with E-state index in [-0.39, 0.29) is 5.54 Å². The molecule has 0 aliphatic heterocycles. The van der Waals surface area contributed by atoms with E-state index in [1.807, 2.05) is 13.8 Å². The number of rotatable bonds is 3. The fourth-order valence-electron chi connectivity index (χ4n) is 1.86. The van der Waals surface area contributed by atoms with Crippen LogP contribution in [0.2, 0.25) is 0 Å². The van der Waals surface area contributed by atoms with Crippen LogP contribution in [0.4, 0.5) is 5.82 Å². The summed E-state index contributed by atoms with van der Waals surface area (Å²) in [6.07, 6.45) is 5.32. The summed E-state index contributed by atoms with van der Waals surface area (Å²) in [5.74, 6) is 0.850. The van der Waals surface area contributed by atoms with Gasteiger partial charge in [0.2, 0.25) is 0 Å². The van der Waals surface area contributed by atoms with Gasteiger partial charge < -0.3 is 11.1 Å². The molecule has 0 amide bonds. The van der Waals surface area contributed by atoms with Crippen molar-refractivity contribution in [3.63, 3.8) is 0 Å². The fraction of sp³-hybridized carbons (Fsp3) is 0.636. The van der Waals surface area contributed by atoms with E-state index in [2.05, 4.69) is 15.3 Å². The van der Waals surface area contributed by atoms with Gasteiger partial charge >= 0.3 is 0 Å². The summed E-state index contributed by atoms with van der Waals surface area (Å²) in [4.78, 5) is 8.75. The van der Waals surface area contributed by atoms with Crippen molar-refractivity contribution in [3.05, 3.63) is 17.6 Å². The SMILES string of the molecule is Cc1ncc(NC2(CN)CCC2)nc1C. The number of nitrogens with one attached hydrogen (secondary N) is 1. The zero-order valence-corrected chi connectivity index (χ0v) is 9.38. The smallest absolute Gasteiger partial charge is 0.145 e. The lowest BCUT2D eigenvalue weighted by Gasteiger charge is -2.42. The molecule has 1 aromatic heterocycles. The summed E-state index contributed by atoms with van der Waals surface area (Å²) in [6, 6.07) is 0. The maximum atomic E-state index is 5.77. The highest BCUT2D eigenvalue weighted by Gasteiger charge is 2.35. The zero-order valence-electron chi connectivity index (χ0n) is 9.38. The van der Waals surface area contributed by atoms with Crippen molar-refractivity contribution in [1.82, 2.24) is 9.97 Å². The average molecular weight is 206 g/mol. The molecule has 1 aromatic rings. The molecular formula is C11H18N4. The summed E-state index contributed by atoms with van der Waals surface area (Å²) < 4.78 is 0. The highest BCUT2D eigenvalue weighted by atomic mass is 15.1. The van der Waals surface area contributed by atoms with Gasteiger partial charge in [0.25, 0.3) is 0 Å². The van der Waals surface area contributed by atoms with Crippen LogP contribution in [0.3, 0.4) is 0 Å². The molecule has 0 bridgehead atoms. The van der Waals surface area contributed by atoms with Gasteiger partial charge in [-0.25, -0.2) is 4.98 Å². The normalized spacial score (nSPS) is 18.3. The molecule has 0 spiro atoms. The molecule has 1 heterocycles. The Morgan fingerprint density at radius 2 is 2.13 bits per heavy atom. The van der Waals surface area contributed by atoms with Gasteiger partial charge in [0.1, 0.15) is 5.82 Å². The Morgan fingerprint density at radius 1 is 1.40 bits per heavy atom. The van der Waals surface area contributed by atoms with Gasteiger partial charge in [-0.15, -0.1) is 0 Å². The van der Waals surface area contributed by atoms with Gasteiger partial charge in [0, 0.05) is 6.54 Å². The van der Waals surface area contributed by atoms with E-state index in [1.165, 1.54) is 6.42 Å². The molecule has 0 aromatic carbocycles. The van der Waals surface area contributed by atoms with Crippen LogP contribution >= 0.6 is 0 Å². The molecule has 0 saturated heterocycles. The van der Waals surface area contributed by atoms with Crippen LogP contribution in [0.15, 0.2) is 6.20 Å². The Balaban J connectivity index is 2.13. The summed E-state index contributed by atoms with van der Waals surface area (Å²) in [6.45, 7) is 4.61. The van der Waals surface area contributed by atoms with E-state index < -0.39 is 0 Å². The van der Waals surface area contributed by atoms with E-state index >= 15 is 0 Å². The summed E-state index contributed by atoms with van der Waals surface area (Å²) in [5.41, 5.74) is 7.81. The first kappa shape index (κ1) is 10.4. The lowest BCUT2D eigenvalue weighted by atomic mass is 9.77. The first-order chi connectivity index (χ1) is 7.15. The van der Waals surface area contributed by atoms with Crippen LogP contribution in [0, 0.1) is 13.8 Å². The van der Waals surface area contributed by atoms with Crippen molar-refractivity contribution in [3.8, 4) is 0 Å². The number of aryl methyl sites for hydroxylation is 2. The Bertz CT molecular complexity index is 352. The summed E-state index contributed by atoms with van der Waals surface area (Å²) in [5, 5.41) is 3.41. The quantitative estimate of drug-likeness (QED) is 0.784. The van der Waals surface area contributed by atoms with Crippen LogP contribution in [0.25, 0.3) is 0 Å². The lowest BCUT2D eigenvalue weighted by molar-refractivity contribution is 0.286. The maximum absolute atomic E-state index is 5.77. The number of anilines is 1. The monoisotopic (exact) mass is 206 g/mol. The Morgan fingerprint density at radius 3 is 2.60 bits per heavy atom. The van der Waals surface area contributed by atoms with Gasteiger partial charge in [-0.1, -0.05) is 0 Å². The second kappa shape index (κ2) is 3.77. The van der Waals surface area contributed by atoms with E-state index in [0.29, 0.717) is 6.54 Å². The third-order valence-electron chi connectivity index (χ3n) is 3.29. The van der Waals surface area contributed by atoms with Crippen LogP contribution < -0.4 is 11.1 Å². The van der Waals surface area contributed by atoms with E-state index in [9.17, 15) is 0 Å². The number of hydrogen-bond donors (Lipinski definition) is 2. The highest BCUT2D eigenvalue weighted by Crippen LogP contribution is 2.33. The number of aromatic nitrogens is 2. The van der Waals surface area contributed by atoms with E-state index in [1.54, 1.807) is 6.20 Å². The van der Waals surface area contributed by atoms with Crippen molar-refractivity contribution >= 4 is 5.82 Å². The molecule has 15 heavy (non-hydrogen) atoms. The number of nitrogens with zero attached hydrogens (tertiary/aromatic N) is 2. The maximum Gasteiger partial charge on any atom is 0.145 e. The minimum Gasteiger partial charge on any atom is -0.362 e.